The number of carbonyl (C=O) groups is 1. The van der Waals surface area contributed by atoms with E-state index in [1.165, 1.54) is 5.57 Å². The van der Waals surface area contributed by atoms with E-state index in [0.29, 0.717) is 0 Å². The molecule has 8 nitrogen and oxygen atoms in total. The van der Waals surface area contributed by atoms with Crippen molar-refractivity contribution in [2.45, 2.75) is 69.5 Å². The lowest BCUT2D eigenvalue weighted by Crippen LogP contribution is -2.57. The Bertz CT molecular complexity index is 642. The number of nitrogens with one attached hydrogen (secondary N) is 2. The summed E-state index contributed by atoms with van der Waals surface area (Å²) in [5.41, 5.74) is 3.63. The first kappa shape index (κ1) is 21.1. The number of rotatable bonds is 6. The van der Waals surface area contributed by atoms with E-state index in [1.807, 2.05) is 5.01 Å². The van der Waals surface area contributed by atoms with E-state index in [9.17, 15) is 4.79 Å². The number of hydrazine groups is 1. The summed E-state index contributed by atoms with van der Waals surface area (Å²) < 4.78 is 23.9. The normalized spacial score (nSPS) is 41.7. The Balaban J connectivity index is 1.42. The molecule has 4 fully saturated rings. The van der Waals surface area contributed by atoms with E-state index >= 15 is 0 Å². The van der Waals surface area contributed by atoms with Gasteiger partial charge in [-0.15, -0.1) is 0 Å². The van der Waals surface area contributed by atoms with Crippen molar-refractivity contribution in [3.05, 3.63) is 11.6 Å². The third kappa shape index (κ3) is 4.32. The third-order valence-electron chi connectivity index (χ3n) is 6.86. The molecule has 2 N–H and O–H groups in total. The van der Waals surface area contributed by atoms with Crippen LogP contribution in [0.25, 0.3) is 0 Å². The maximum Gasteiger partial charge on any atom is 0.422 e. The van der Waals surface area contributed by atoms with Crippen LogP contribution in [0.3, 0.4) is 0 Å². The summed E-state index contributed by atoms with van der Waals surface area (Å²) in [7, 11) is 1.69. The smallest absolute Gasteiger partial charge is 0.422 e. The van der Waals surface area contributed by atoms with Gasteiger partial charge in [0.05, 0.1) is 18.6 Å². The topological polar surface area (TPSA) is 87.9 Å². The van der Waals surface area contributed by atoms with Crippen molar-refractivity contribution in [3.8, 4) is 0 Å². The van der Waals surface area contributed by atoms with Crippen molar-refractivity contribution >= 4 is 6.09 Å². The molecule has 29 heavy (non-hydrogen) atoms. The van der Waals surface area contributed by atoms with Gasteiger partial charge in [-0.2, -0.15) is 0 Å². The van der Waals surface area contributed by atoms with E-state index < -0.39 is 6.09 Å². The predicted molar refractivity (Wildman–Crippen MR) is 107 cm³/mol. The number of allylic oxidation sites excluding steroid dienone is 1. The second-order valence-corrected chi connectivity index (χ2v) is 9.17. The summed E-state index contributed by atoms with van der Waals surface area (Å²) in [5, 5.41) is 5.16. The van der Waals surface area contributed by atoms with Crippen LogP contribution in [-0.2, 0) is 18.9 Å². The van der Waals surface area contributed by atoms with Gasteiger partial charge in [-0.25, -0.2) is 9.80 Å². The van der Waals surface area contributed by atoms with Crippen LogP contribution >= 0.6 is 0 Å². The molecule has 1 aliphatic carbocycles. The minimum absolute atomic E-state index is 0.0429. The predicted octanol–water partition coefficient (Wildman–Crippen LogP) is 1.61. The maximum absolute atomic E-state index is 12.5. The maximum atomic E-state index is 12.5. The molecule has 0 aromatic rings. The molecule has 0 aromatic carbocycles. The minimum Gasteiger partial charge on any atom is -0.443 e. The number of piperazine rings is 1. The Morgan fingerprint density at radius 2 is 2.07 bits per heavy atom. The van der Waals surface area contributed by atoms with Gasteiger partial charge in [-0.3, -0.25) is 5.43 Å². The molecule has 8 heteroatoms. The second kappa shape index (κ2) is 8.15. The van der Waals surface area contributed by atoms with E-state index in [4.69, 9.17) is 18.9 Å². The van der Waals surface area contributed by atoms with E-state index in [0.717, 1.165) is 52.0 Å². The van der Waals surface area contributed by atoms with Gasteiger partial charge in [0, 0.05) is 33.3 Å². The summed E-state index contributed by atoms with van der Waals surface area (Å²) in [4.78, 5) is 12.5. The molecule has 0 radical (unpaired) electrons. The zero-order valence-corrected chi connectivity index (χ0v) is 18.0. The van der Waals surface area contributed by atoms with Crippen LogP contribution in [0.2, 0.25) is 0 Å². The molecule has 6 atom stereocenters. The van der Waals surface area contributed by atoms with Gasteiger partial charge in [-0.1, -0.05) is 11.6 Å². The molecule has 3 saturated heterocycles. The SMILES string of the molecule is CO[C@@H]1[C@H](OC(=O)NN2CCNCC2)CC[C@]2(CO2)[C@H]1[C@@]1(C)O[C@@H]1CC=C(C)C. The van der Waals surface area contributed by atoms with Crippen molar-refractivity contribution < 1.29 is 23.7 Å². The fourth-order valence-corrected chi connectivity index (χ4v) is 5.14. The average molecular weight is 410 g/mol. The molecule has 164 valence electrons. The molecule has 3 aliphatic heterocycles. The molecule has 0 aromatic heterocycles. The first-order valence-electron chi connectivity index (χ1n) is 10.8. The summed E-state index contributed by atoms with van der Waals surface area (Å²) in [6.07, 6.45) is 3.88. The van der Waals surface area contributed by atoms with Crippen LogP contribution in [-0.4, -0.2) is 80.5 Å². The molecule has 0 unspecified atom stereocenters. The van der Waals surface area contributed by atoms with E-state index in [1.54, 1.807) is 7.11 Å². The summed E-state index contributed by atoms with van der Waals surface area (Å²) in [5.74, 6) is 0.0429. The van der Waals surface area contributed by atoms with Gasteiger partial charge in [0.1, 0.15) is 23.4 Å². The Morgan fingerprint density at radius 3 is 2.69 bits per heavy atom. The van der Waals surface area contributed by atoms with Gasteiger partial charge in [0.25, 0.3) is 0 Å². The summed E-state index contributed by atoms with van der Waals surface area (Å²) in [6.45, 7) is 10.3. The van der Waals surface area contributed by atoms with E-state index in [2.05, 4.69) is 37.6 Å². The van der Waals surface area contributed by atoms with Gasteiger partial charge in [0.15, 0.2) is 0 Å². The number of methoxy groups -OCH3 is 1. The van der Waals surface area contributed by atoms with Crippen molar-refractivity contribution in [1.82, 2.24) is 15.8 Å². The van der Waals surface area contributed by atoms with Crippen molar-refractivity contribution in [2.75, 3.05) is 39.9 Å². The highest BCUT2D eigenvalue weighted by Crippen LogP contribution is 2.59. The number of carbonyl (C=O) groups excluding carboxylic acids is 1. The van der Waals surface area contributed by atoms with Crippen molar-refractivity contribution in [1.29, 1.82) is 0 Å². The van der Waals surface area contributed by atoms with Gasteiger partial charge < -0.3 is 24.3 Å². The zero-order chi connectivity index (χ0) is 20.6. The fourth-order valence-electron chi connectivity index (χ4n) is 5.14. The fraction of sp³-hybridized carbons (Fsp3) is 0.857. The molecule has 1 spiro atoms. The lowest BCUT2D eigenvalue weighted by molar-refractivity contribution is -0.119. The lowest BCUT2D eigenvalue weighted by Gasteiger charge is -2.42. The van der Waals surface area contributed by atoms with Gasteiger partial charge >= 0.3 is 6.09 Å². The van der Waals surface area contributed by atoms with Gasteiger partial charge in [0.2, 0.25) is 0 Å². The third-order valence-corrected chi connectivity index (χ3v) is 6.86. The highest BCUT2D eigenvalue weighted by atomic mass is 16.6. The minimum atomic E-state index is -0.409. The summed E-state index contributed by atoms with van der Waals surface area (Å²) >= 11 is 0. The highest BCUT2D eigenvalue weighted by molar-refractivity contribution is 5.66. The van der Waals surface area contributed by atoms with Crippen LogP contribution < -0.4 is 10.7 Å². The second-order valence-electron chi connectivity index (χ2n) is 9.17. The molecular weight excluding hydrogens is 374 g/mol. The van der Waals surface area contributed by atoms with Crippen LogP contribution in [0.1, 0.15) is 40.0 Å². The molecule has 1 amide bonds. The standard InChI is InChI=1S/C21H35N3O5/c1-14(2)5-6-16-20(3,29-16)18-17(26-4)15(7-8-21(18)13-27-21)28-19(25)23-24-11-9-22-10-12-24/h5,15-18,22H,6-13H2,1-4H3,(H,23,25)/t15-,16-,17-,18-,20+,21+/m1/s1. The monoisotopic (exact) mass is 409 g/mol. The molecular formula is C21H35N3O5. The number of ether oxygens (including phenoxy) is 4. The van der Waals surface area contributed by atoms with Crippen LogP contribution in [0.5, 0.6) is 0 Å². The first-order chi connectivity index (χ1) is 13.9. The Morgan fingerprint density at radius 1 is 1.34 bits per heavy atom. The Labute approximate surface area is 173 Å². The Hall–Kier alpha value is -1.19. The number of hydrogen-bond acceptors (Lipinski definition) is 7. The molecule has 4 rings (SSSR count). The summed E-state index contributed by atoms with van der Waals surface area (Å²) in [6, 6.07) is 0. The van der Waals surface area contributed by atoms with Gasteiger partial charge in [-0.05, 0) is 40.0 Å². The van der Waals surface area contributed by atoms with Crippen LogP contribution in [0.4, 0.5) is 4.79 Å². The number of hydrogen-bond donors (Lipinski definition) is 2. The van der Waals surface area contributed by atoms with Crippen molar-refractivity contribution in [3.63, 3.8) is 0 Å². The van der Waals surface area contributed by atoms with Crippen molar-refractivity contribution in [2.24, 2.45) is 5.92 Å². The quantitative estimate of drug-likeness (QED) is 0.509. The largest absolute Gasteiger partial charge is 0.443 e. The molecule has 0 bridgehead atoms. The number of nitrogens with zero attached hydrogens (tertiary/aromatic N) is 1. The first-order valence-corrected chi connectivity index (χ1v) is 10.8. The lowest BCUT2D eigenvalue weighted by atomic mass is 9.68. The molecule has 3 heterocycles. The number of epoxide rings is 2. The molecule has 4 aliphatic rings. The van der Waals surface area contributed by atoms with Crippen LogP contribution in [0.15, 0.2) is 11.6 Å². The average Bonchev–Trinajstić information content (AvgIpc) is 3.60. The Kier molecular flexibility index (Phi) is 5.92. The molecule has 1 saturated carbocycles. The van der Waals surface area contributed by atoms with Crippen LogP contribution in [0, 0.1) is 5.92 Å². The number of amides is 1. The zero-order valence-electron chi connectivity index (χ0n) is 18.0. The van der Waals surface area contributed by atoms with E-state index in [-0.39, 0.29) is 35.4 Å². The highest BCUT2D eigenvalue weighted by Gasteiger charge is 2.72.